The summed E-state index contributed by atoms with van der Waals surface area (Å²) in [5.74, 6) is -4.05. The summed E-state index contributed by atoms with van der Waals surface area (Å²) in [4.78, 5) is 55.7. The molecule has 4 amide bonds. The van der Waals surface area contributed by atoms with E-state index in [0.29, 0.717) is 25.9 Å². The van der Waals surface area contributed by atoms with Gasteiger partial charge in [0.25, 0.3) is 12.3 Å². The van der Waals surface area contributed by atoms with Gasteiger partial charge in [-0.15, -0.1) is 0 Å². The predicted molar refractivity (Wildman–Crippen MR) is 199 cm³/mol. The number of hydrogen-bond donors (Lipinski definition) is 3. The molecule has 1 aromatic heterocycles. The minimum atomic E-state index is -3.41. The molecule has 2 aromatic rings. The van der Waals surface area contributed by atoms with Crippen molar-refractivity contribution in [3.63, 3.8) is 0 Å². The maximum Gasteiger partial charge on any atom is 0.410 e. The average Bonchev–Trinajstić information content (AvgIpc) is 3.66. The van der Waals surface area contributed by atoms with Crippen molar-refractivity contribution in [1.29, 1.82) is 0 Å². The van der Waals surface area contributed by atoms with Crippen molar-refractivity contribution in [1.82, 2.24) is 25.3 Å². The summed E-state index contributed by atoms with van der Waals surface area (Å²) in [5.41, 5.74) is -0.507. The van der Waals surface area contributed by atoms with Gasteiger partial charge in [-0.3, -0.25) is 19.1 Å². The fourth-order valence-electron chi connectivity index (χ4n) is 8.54. The molecule has 0 bridgehead atoms. The number of amides is 4. The van der Waals surface area contributed by atoms with Gasteiger partial charge in [0.2, 0.25) is 18.1 Å². The molecular formula is C40H56F4N6O5. The lowest BCUT2D eigenvalue weighted by Gasteiger charge is -2.42. The first-order valence-corrected chi connectivity index (χ1v) is 19.8. The molecule has 4 atom stereocenters. The summed E-state index contributed by atoms with van der Waals surface area (Å²) in [6, 6.07) is 3.92. The van der Waals surface area contributed by atoms with Gasteiger partial charge in [0.05, 0.1) is 17.6 Å². The average molecular weight is 777 g/mol. The van der Waals surface area contributed by atoms with Crippen LogP contribution in [-0.4, -0.2) is 75.9 Å². The van der Waals surface area contributed by atoms with Crippen molar-refractivity contribution >= 4 is 29.5 Å². The fourth-order valence-corrected chi connectivity index (χ4v) is 8.54. The Morgan fingerprint density at radius 2 is 1.49 bits per heavy atom. The molecule has 0 spiro atoms. The zero-order valence-electron chi connectivity index (χ0n) is 32.3. The quantitative estimate of drug-likeness (QED) is 0.148. The van der Waals surface area contributed by atoms with E-state index < -0.39 is 59.9 Å². The first-order valence-electron chi connectivity index (χ1n) is 19.8. The number of carbonyl (C=O) groups is 4. The molecule has 304 valence electrons. The van der Waals surface area contributed by atoms with Crippen LogP contribution >= 0.6 is 0 Å². The van der Waals surface area contributed by atoms with E-state index in [2.05, 4.69) is 15.7 Å². The minimum Gasteiger partial charge on any atom is -0.444 e. The molecule has 4 unspecified atom stereocenters. The van der Waals surface area contributed by atoms with Crippen LogP contribution in [0.15, 0.2) is 30.5 Å². The highest BCUT2D eigenvalue weighted by Gasteiger charge is 2.42. The number of aromatic nitrogens is 2. The van der Waals surface area contributed by atoms with Crippen LogP contribution in [0.4, 0.5) is 28.0 Å². The van der Waals surface area contributed by atoms with Gasteiger partial charge < -0.3 is 25.6 Å². The normalized spacial score (nSPS) is 20.5. The van der Waals surface area contributed by atoms with Crippen molar-refractivity contribution < 1.29 is 41.5 Å². The third-order valence-corrected chi connectivity index (χ3v) is 11.3. The lowest BCUT2D eigenvalue weighted by atomic mass is 9.66. The van der Waals surface area contributed by atoms with Crippen LogP contribution < -0.4 is 16.0 Å². The molecule has 0 radical (unpaired) electrons. The SMILES string of the molecule is CC(C(=O)NC(F)C(F)F)c1ccc(NC(=O)C(NC(=O)c2ccnn2C2CCCN(C(=O)OC(C)(C)C)C2)C(C2CCCCC2)C2CCCCC2)c(F)c1. The van der Waals surface area contributed by atoms with Crippen LogP contribution in [-0.2, 0) is 14.3 Å². The molecule has 2 aliphatic carbocycles. The number of halogens is 4. The zero-order valence-corrected chi connectivity index (χ0v) is 32.3. The van der Waals surface area contributed by atoms with Crippen molar-refractivity contribution in [3.8, 4) is 0 Å². The molecule has 1 aromatic carbocycles. The van der Waals surface area contributed by atoms with E-state index in [1.165, 1.54) is 25.3 Å². The number of carbonyl (C=O) groups excluding carboxylic acids is 4. The molecule has 2 heterocycles. The fraction of sp³-hybridized carbons (Fsp3) is 0.675. The summed E-state index contributed by atoms with van der Waals surface area (Å²) in [6.45, 7) is 7.55. The van der Waals surface area contributed by atoms with Crippen LogP contribution in [0.3, 0.4) is 0 Å². The molecule has 5 rings (SSSR count). The number of hydrogen-bond acceptors (Lipinski definition) is 6. The van der Waals surface area contributed by atoms with E-state index in [1.807, 2.05) is 0 Å². The standard InChI is InChI=1S/C40H56F4N6O5/c1-24(36(51)48-35(44)34(42)43)27-17-18-30(29(41)22-27)46-38(53)33(32(25-12-7-5-8-13-25)26-14-9-6-10-15-26)47-37(52)31-19-20-45-50(31)28-16-11-21-49(23-28)39(54)55-40(2,3)4/h17-20,22,24-26,28,32-35H,5-16,21,23H2,1-4H3,(H,46,53)(H,47,52)(H,48,51). The molecular weight excluding hydrogens is 720 g/mol. The van der Waals surface area contributed by atoms with Gasteiger partial charge in [-0.1, -0.05) is 70.3 Å². The van der Waals surface area contributed by atoms with Crippen LogP contribution in [0.25, 0.3) is 0 Å². The second-order valence-corrected chi connectivity index (χ2v) is 16.4. The summed E-state index contributed by atoms with van der Waals surface area (Å²) >= 11 is 0. The van der Waals surface area contributed by atoms with Crippen LogP contribution in [0.5, 0.6) is 0 Å². The first kappa shape index (κ1) is 42.0. The van der Waals surface area contributed by atoms with Crippen molar-refractivity contribution in [3.05, 3.63) is 47.5 Å². The number of likely N-dealkylation sites (tertiary alicyclic amines) is 1. The van der Waals surface area contributed by atoms with E-state index in [4.69, 9.17) is 4.74 Å². The Kier molecular flexibility index (Phi) is 14.2. The van der Waals surface area contributed by atoms with E-state index >= 15 is 4.39 Å². The van der Waals surface area contributed by atoms with Crippen LogP contribution in [0, 0.1) is 23.6 Å². The van der Waals surface area contributed by atoms with E-state index in [9.17, 15) is 32.3 Å². The maximum atomic E-state index is 15.6. The second-order valence-electron chi connectivity index (χ2n) is 16.4. The molecule has 2 saturated carbocycles. The van der Waals surface area contributed by atoms with Gasteiger partial charge >= 0.3 is 6.09 Å². The molecule has 3 fully saturated rings. The van der Waals surface area contributed by atoms with Crippen LogP contribution in [0.2, 0.25) is 0 Å². The number of nitrogens with zero attached hydrogens (tertiary/aromatic N) is 3. The monoisotopic (exact) mass is 776 g/mol. The highest BCUT2D eigenvalue weighted by atomic mass is 19.3. The summed E-state index contributed by atoms with van der Waals surface area (Å²) in [5, 5.41) is 11.9. The van der Waals surface area contributed by atoms with Gasteiger partial charge in [-0.05, 0) is 82.1 Å². The Morgan fingerprint density at radius 3 is 2.07 bits per heavy atom. The van der Waals surface area contributed by atoms with Gasteiger partial charge in [0.1, 0.15) is 23.2 Å². The number of piperidine rings is 1. The lowest BCUT2D eigenvalue weighted by Crippen LogP contribution is -2.53. The Hall–Kier alpha value is -4.17. The van der Waals surface area contributed by atoms with Gasteiger partial charge in [0, 0.05) is 19.3 Å². The van der Waals surface area contributed by atoms with Gasteiger partial charge in [-0.25, -0.2) is 22.4 Å². The number of nitrogens with one attached hydrogen (secondary N) is 3. The summed E-state index contributed by atoms with van der Waals surface area (Å²) in [6.07, 6.45) is 6.08. The molecule has 55 heavy (non-hydrogen) atoms. The predicted octanol–water partition coefficient (Wildman–Crippen LogP) is 7.89. The van der Waals surface area contributed by atoms with Gasteiger partial charge in [-0.2, -0.15) is 5.10 Å². The molecule has 3 aliphatic rings. The molecule has 3 N–H and O–H groups in total. The van der Waals surface area contributed by atoms with E-state index in [0.717, 1.165) is 70.3 Å². The number of anilines is 1. The molecule has 1 saturated heterocycles. The summed E-state index contributed by atoms with van der Waals surface area (Å²) < 4.78 is 61.7. The van der Waals surface area contributed by atoms with Gasteiger partial charge in [0.15, 0.2) is 0 Å². The smallest absolute Gasteiger partial charge is 0.410 e. The number of alkyl halides is 3. The van der Waals surface area contributed by atoms with Crippen molar-refractivity contribution in [2.24, 2.45) is 17.8 Å². The largest absolute Gasteiger partial charge is 0.444 e. The minimum absolute atomic E-state index is 0.0998. The Morgan fingerprint density at radius 1 is 0.855 bits per heavy atom. The third kappa shape index (κ3) is 11.0. The lowest BCUT2D eigenvalue weighted by molar-refractivity contribution is -0.126. The topological polar surface area (TPSA) is 135 Å². The Balaban J connectivity index is 1.40. The van der Waals surface area contributed by atoms with Crippen molar-refractivity contribution in [2.75, 3.05) is 18.4 Å². The third-order valence-electron chi connectivity index (χ3n) is 11.3. The first-order chi connectivity index (χ1) is 26.1. The maximum absolute atomic E-state index is 15.6. The highest BCUT2D eigenvalue weighted by Crippen LogP contribution is 2.42. The number of ether oxygens (including phenoxy) is 1. The highest BCUT2D eigenvalue weighted by molar-refractivity contribution is 6.01. The molecule has 15 heteroatoms. The van der Waals surface area contributed by atoms with E-state index in [-0.39, 0.29) is 40.7 Å². The van der Waals surface area contributed by atoms with E-state index in [1.54, 1.807) is 41.7 Å². The Labute approximate surface area is 320 Å². The van der Waals surface area contributed by atoms with Crippen molar-refractivity contribution in [2.45, 2.75) is 141 Å². The second kappa shape index (κ2) is 18.6. The molecule has 1 aliphatic heterocycles. The Bertz CT molecular complexity index is 1620. The zero-order chi connectivity index (χ0) is 39.9. The molecule has 11 nitrogen and oxygen atoms in total. The number of benzene rings is 1. The number of rotatable bonds is 12. The van der Waals surface area contributed by atoms with Crippen LogP contribution in [0.1, 0.15) is 133 Å². The summed E-state index contributed by atoms with van der Waals surface area (Å²) in [7, 11) is 0.